The zero-order valence-electron chi connectivity index (χ0n) is 13.7. The van der Waals surface area contributed by atoms with Gasteiger partial charge in [0.1, 0.15) is 0 Å². The third-order valence-corrected chi connectivity index (χ3v) is 5.44. The molecule has 21 heavy (non-hydrogen) atoms. The van der Waals surface area contributed by atoms with Crippen LogP contribution >= 0.6 is 0 Å². The molecule has 1 aromatic rings. The van der Waals surface area contributed by atoms with Gasteiger partial charge in [0.25, 0.3) is 0 Å². The number of benzene rings is 1. The Morgan fingerprint density at radius 1 is 1.10 bits per heavy atom. The Balaban J connectivity index is 1.63. The van der Waals surface area contributed by atoms with Crippen LogP contribution in [0.4, 0.5) is 5.69 Å². The number of hydrogen-bond donors (Lipinski definition) is 1. The van der Waals surface area contributed by atoms with E-state index in [2.05, 4.69) is 54.1 Å². The molecular weight excluding hydrogens is 258 g/mol. The Kier molecular flexibility index (Phi) is 4.51. The molecular formula is C18H29N3. The Hall–Kier alpha value is -1.06. The maximum absolute atomic E-state index is 3.51. The summed E-state index contributed by atoms with van der Waals surface area (Å²) in [6.45, 7) is 14.0. The molecule has 2 fully saturated rings. The minimum Gasteiger partial charge on any atom is -0.369 e. The maximum Gasteiger partial charge on any atom is 0.0399 e. The molecule has 1 N–H and O–H groups in total. The van der Waals surface area contributed by atoms with E-state index in [1.165, 1.54) is 62.5 Å². The molecule has 116 valence electrons. The van der Waals surface area contributed by atoms with Crippen LogP contribution < -0.4 is 10.2 Å². The summed E-state index contributed by atoms with van der Waals surface area (Å²) in [4.78, 5) is 5.30. The highest BCUT2D eigenvalue weighted by Crippen LogP contribution is 2.26. The highest BCUT2D eigenvalue weighted by Gasteiger charge is 2.29. The van der Waals surface area contributed by atoms with Crippen LogP contribution in [0.2, 0.25) is 0 Å². The topological polar surface area (TPSA) is 18.5 Å². The lowest BCUT2D eigenvalue weighted by Crippen LogP contribution is -2.55. The number of anilines is 1. The molecule has 3 heteroatoms. The van der Waals surface area contributed by atoms with Gasteiger partial charge in [0.05, 0.1) is 0 Å². The molecule has 0 aromatic heterocycles. The molecule has 3 rings (SSSR count). The summed E-state index contributed by atoms with van der Waals surface area (Å²) in [6, 6.07) is 7.47. The summed E-state index contributed by atoms with van der Waals surface area (Å²) in [5, 5.41) is 3.51. The highest BCUT2D eigenvalue weighted by atomic mass is 15.3. The molecule has 0 spiro atoms. The van der Waals surface area contributed by atoms with E-state index >= 15 is 0 Å². The second-order valence-electron chi connectivity index (χ2n) is 6.78. The van der Waals surface area contributed by atoms with Crippen LogP contribution in [0.15, 0.2) is 18.2 Å². The summed E-state index contributed by atoms with van der Waals surface area (Å²) in [6.07, 6.45) is 1.31. The van der Waals surface area contributed by atoms with Gasteiger partial charge in [-0.3, -0.25) is 4.90 Å². The van der Waals surface area contributed by atoms with Crippen molar-refractivity contribution in [3.05, 3.63) is 29.3 Å². The third-order valence-electron chi connectivity index (χ3n) is 5.44. The van der Waals surface area contributed by atoms with E-state index in [0.29, 0.717) is 0 Å². The zero-order chi connectivity index (χ0) is 14.8. The van der Waals surface area contributed by atoms with Gasteiger partial charge in [-0.25, -0.2) is 0 Å². The van der Waals surface area contributed by atoms with Crippen molar-refractivity contribution in [2.75, 3.05) is 44.2 Å². The van der Waals surface area contributed by atoms with Crippen molar-refractivity contribution >= 4 is 5.69 Å². The van der Waals surface area contributed by atoms with Crippen molar-refractivity contribution < 1.29 is 0 Å². The fourth-order valence-corrected chi connectivity index (χ4v) is 3.92. The van der Waals surface area contributed by atoms with Gasteiger partial charge in [0, 0.05) is 37.9 Å². The number of rotatable bonds is 2. The lowest BCUT2D eigenvalue weighted by Gasteiger charge is -2.44. The van der Waals surface area contributed by atoms with E-state index in [4.69, 9.17) is 0 Å². The maximum atomic E-state index is 3.51. The largest absolute Gasteiger partial charge is 0.369 e. The van der Waals surface area contributed by atoms with Gasteiger partial charge in [0.2, 0.25) is 0 Å². The molecule has 2 saturated heterocycles. The molecule has 2 aliphatic heterocycles. The molecule has 0 amide bonds. The van der Waals surface area contributed by atoms with Crippen LogP contribution in [0.1, 0.15) is 24.5 Å². The van der Waals surface area contributed by atoms with E-state index in [9.17, 15) is 0 Å². The van der Waals surface area contributed by atoms with Gasteiger partial charge < -0.3 is 10.2 Å². The average Bonchev–Trinajstić information content (AvgIpc) is 2.51. The van der Waals surface area contributed by atoms with Crippen LogP contribution in [0, 0.1) is 19.8 Å². The predicted molar refractivity (Wildman–Crippen MR) is 90.1 cm³/mol. The van der Waals surface area contributed by atoms with Crippen LogP contribution in [-0.4, -0.2) is 50.2 Å². The molecule has 2 unspecified atom stereocenters. The molecule has 0 aliphatic carbocycles. The van der Waals surface area contributed by atoms with Crippen LogP contribution in [0.5, 0.6) is 0 Å². The molecule has 3 nitrogen and oxygen atoms in total. The first-order valence-electron chi connectivity index (χ1n) is 8.43. The predicted octanol–water partition coefficient (Wildman–Crippen LogP) is 2.42. The smallest absolute Gasteiger partial charge is 0.0399 e. The Morgan fingerprint density at radius 3 is 2.57 bits per heavy atom. The van der Waals surface area contributed by atoms with E-state index in [1.54, 1.807) is 0 Å². The number of piperidine rings is 1. The van der Waals surface area contributed by atoms with Gasteiger partial charge >= 0.3 is 0 Å². The van der Waals surface area contributed by atoms with Gasteiger partial charge in [-0.05, 0) is 56.5 Å². The van der Waals surface area contributed by atoms with Gasteiger partial charge in [-0.15, -0.1) is 0 Å². The van der Waals surface area contributed by atoms with Crippen molar-refractivity contribution in [3.8, 4) is 0 Å². The SMILES string of the molecule is Cc1cccc(N2CCN(C3CCNCC3C)CC2)c1C. The van der Waals surface area contributed by atoms with Gasteiger partial charge in [-0.2, -0.15) is 0 Å². The fraction of sp³-hybridized carbons (Fsp3) is 0.667. The Bertz CT molecular complexity index is 477. The molecule has 2 atom stereocenters. The van der Waals surface area contributed by atoms with Crippen molar-refractivity contribution in [3.63, 3.8) is 0 Å². The average molecular weight is 287 g/mol. The van der Waals surface area contributed by atoms with Crippen LogP contribution in [0.25, 0.3) is 0 Å². The normalized spacial score (nSPS) is 27.9. The first-order chi connectivity index (χ1) is 10.2. The fourth-order valence-electron chi connectivity index (χ4n) is 3.92. The first kappa shape index (κ1) is 14.9. The standard InChI is InChI=1S/C18H29N3/c1-14-5-4-6-18(16(14)3)21-11-9-20(10-12-21)17-7-8-19-13-15(17)2/h4-6,15,17,19H,7-13H2,1-3H3. The quantitative estimate of drug-likeness (QED) is 0.901. The molecule has 1 aromatic carbocycles. The second kappa shape index (κ2) is 6.37. The summed E-state index contributed by atoms with van der Waals surface area (Å²) in [5.74, 6) is 0.783. The summed E-state index contributed by atoms with van der Waals surface area (Å²) in [5.41, 5.74) is 4.29. The summed E-state index contributed by atoms with van der Waals surface area (Å²) >= 11 is 0. The van der Waals surface area contributed by atoms with E-state index in [-0.39, 0.29) is 0 Å². The van der Waals surface area contributed by atoms with Crippen molar-refractivity contribution in [2.24, 2.45) is 5.92 Å². The number of hydrogen-bond acceptors (Lipinski definition) is 3. The van der Waals surface area contributed by atoms with Gasteiger partial charge in [0.15, 0.2) is 0 Å². The van der Waals surface area contributed by atoms with Crippen LogP contribution in [-0.2, 0) is 0 Å². The summed E-state index contributed by atoms with van der Waals surface area (Å²) < 4.78 is 0. The van der Waals surface area contributed by atoms with Gasteiger partial charge in [-0.1, -0.05) is 19.1 Å². The summed E-state index contributed by atoms with van der Waals surface area (Å²) in [7, 11) is 0. The Labute approximate surface area is 129 Å². The van der Waals surface area contributed by atoms with E-state index in [0.717, 1.165) is 12.0 Å². The number of nitrogens with zero attached hydrogens (tertiary/aromatic N) is 2. The highest BCUT2D eigenvalue weighted by molar-refractivity contribution is 5.56. The van der Waals surface area contributed by atoms with Crippen molar-refractivity contribution in [1.82, 2.24) is 10.2 Å². The molecule has 0 saturated carbocycles. The lowest BCUT2D eigenvalue weighted by molar-refractivity contribution is 0.113. The van der Waals surface area contributed by atoms with Crippen LogP contribution in [0.3, 0.4) is 0 Å². The molecule has 0 bridgehead atoms. The molecule has 0 radical (unpaired) electrons. The first-order valence-corrected chi connectivity index (χ1v) is 8.43. The number of piperazine rings is 1. The molecule has 2 heterocycles. The molecule has 2 aliphatic rings. The number of nitrogens with one attached hydrogen (secondary N) is 1. The van der Waals surface area contributed by atoms with E-state index in [1.807, 2.05) is 0 Å². The van der Waals surface area contributed by atoms with Crippen molar-refractivity contribution in [2.45, 2.75) is 33.2 Å². The number of aryl methyl sites for hydroxylation is 1. The minimum atomic E-state index is 0.783. The lowest BCUT2D eigenvalue weighted by atomic mass is 9.93. The third kappa shape index (κ3) is 3.09. The van der Waals surface area contributed by atoms with E-state index < -0.39 is 0 Å². The Morgan fingerprint density at radius 2 is 1.86 bits per heavy atom. The van der Waals surface area contributed by atoms with Crippen molar-refractivity contribution in [1.29, 1.82) is 0 Å². The zero-order valence-corrected chi connectivity index (χ0v) is 13.7. The monoisotopic (exact) mass is 287 g/mol. The minimum absolute atomic E-state index is 0.783. The second-order valence-corrected chi connectivity index (χ2v) is 6.78.